The molecule has 0 saturated carbocycles. The number of hydrogen-bond donors (Lipinski definition) is 0. The van der Waals surface area contributed by atoms with Crippen molar-refractivity contribution in [3.8, 4) is 0 Å². The molecule has 1 atom stereocenters. The van der Waals surface area contributed by atoms with E-state index in [2.05, 4.69) is 20.7 Å². The lowest BCUT2D eigenvalue weighted by atomic mass is 10.5. The fourth-order valence-corrected chi connectivity index (χ4v) is 0.526. The molecule has 0 aromatic rings. The van der Waals surface area contributed by atoms with E-state index < -0.39 is 19.4 Å². The molecule has 0 rings (SSSR count). The van der Waals surface area contributed by atoms with Crippen LogP contribution in [0.4, 0.5) is 0 Å². The molecule has 0 amide bonds. The smallest absolute Gasteiger partial charge is 0.306 e. The Kier molecular flexibility index (Phi) is 2.04. The maximum Gasteiger partial charge on any atom is 0.306 e. The largest absolute Gasteiger partial charge is 0.466 e. The molecule has 0 spiro atoms. The number of carbonyl (C=O) groups is 1. The molecule has 0 aliphatic carbocycles. The van der Waals surface area contributed by atoms with Crippen molar-refractivity contribution in [2.45, 2.75) is 13.3 Å². The van der Waals surface area contributed by atoms with E-state index in [9.17, 15) is 4.79 Å². The molecular formula is C5H9BrO2. The second-order valence-corrected chi connectivity index (χ2v) is 1.84. The number of rotatable bonds is 3. The standard InChI is InChI=1S/C5H9BrO2/c1-2-8-5(7)3-4-6/h2-4H2,1H3/i1D3,2D. The first-order valence-electron chi connectivity index (χ1n) is 4.13. The molecule has 2 nitrogen and oxygen atoms in total. The molecule has 3 heteroatoms. The molecule has 8 heavy (non-hydrogen) atoms. The highest BCUT2D eigenvalue weighted by molar-refractivity contribution is 9.09. The van der Waals surface area contributed by atoms with E-state index in [4.69, 9.17) is 5.48 Å². The quantitative estimate of drug-likeness (QED) is 0.489. The van der Waals surface area contributed by atoms with Crippen LogP contribution in [0.15, 0.2) is 0 Å². The molecule has 0 bridgehead atoms. The third-order valence-corrected chi connectivity index (χ3v) is 0.885. The zero-order valence-corrected chi connectivity index (χ0v) is 5.77. The Morgan fingerprint density at radius 1 is 2.12 bits per heavy atom. The van der Waals surface area contributed by atoms with E-state index in [0.29, 0.717) is 5.33 Å². The first-order valence-corrected chi connectivity index (χ1v) is 3.17. The summed E-state index contributed by atoms with van der Waals surface area (Å²) < 4.78 is 31.4. The summed E-state index contributed by atoms with van der Waals surface area (Å²) in [5.41, 5.74) is 0. The lowest BCUT2D eigenvalue weighted by molar-refractivity contribution is -0.142. The van der Waals surface area contributed by atoms with Gasteiger partial charge in [-0.1, -0.05) is 15.9 Å². The average molecular weight is 185 g/mol. The Balaban J connectivity index is 3.84. The van der Waals surface area contributed by atoms with Crippen molar-refractivity contribution in [1.29, 1.82) is 0 Å². The van der Waals surface area contributed by atoms with E-state index in [1.165, 1.54) is 0 Å². The van der Waals surface area contributed by atoms with Gasteiger partial charge in [-0.2, -0.15) is 0 Å². The fraction of sp³-hybridized carbons (Fsp3) is 0.800. The number of esters is 1. The van der Waals surface area contributed by atoms with Gasteiger partial charge in [0.2, 0.25) is 0 Å². The van der Waals surface area contributed by atoms with E-state index in [0.717, 1.165) is 0 Å². The van der Waals surface area contributed by atoms with Crippen LogP contribution in [0, 0.1) is 0 Å². The van der Waals surface area contributed by atoms with Gasteiger partial charge in [0.1, 0.15) is 0 Å². The van der Waals surface area contributed by atoms with E-state index in [1.807, 2.05) is 0 Å². The SMILES string of the molecule is [2H]C(OC(=O)CCBr)C([2H])([2H])[2H]. The zero-order valence-electron chi connectivity index (χ0n) is 8.19. The molecule has 1 unspecified atom stereocenters. The first kappa shape index (κ1) is 3.20. The van der Waals surface area contributed by atoms with Gasteiger partial charge in [0.15, 0.2) is 0 Å². The minimum Gasteiger partial charge on any atom is -0.466 e. The fourth-order valence-electron chi connectivity index (χ4n) is 0.202. The zero-order chi connectivity index (χ0) is 9.78. The predicted molar refractivity (Wildman–Crippen MR) is 35.0 cm³/mol. The summed E-state index contributed by atoms with van der Waals surface area (Å²) in [6.07, 6.45) is 0.0749. The predicted octanol–water partition coefficient (Wildman–Crippen LogP) is 1.33. The summed E-state index contributed by atoms with van der Waals surface area (Å²) in [7, 11) is 0. The molecule has 0 saturated heterocycles. The molecule has 0 radical (unpaired) electrons. The lowest BCUT2D eigenvalue weighted by Gasteiger charge is -1.95. The highest BCUT2D eigenvalue weighted by Gasteiger charge is 1.96. The van der Waals surface area contributed by atoms with E-state index in [-0.39, 0.29) is 6.42 Å². The van der Waals surface area contributed by atoms with Crippen molar-refractivity contribution in [3.05, 3.63) is 0 Å². The van der Waals surface area contributed by atoms with Crippen LogP contribution in [-0.4, -0.2) is 17.9 Å². The third-order valence-electron chi connectivity index (χ3n) is 0.489. The number of ether oxygens (including phenoxy) is 1. The van der Waals surface area contributed by atoms with E-state index in [1.54, 1.807) is 0 Å². The number of alkyl halides is 1. The summed E-state index contributed by atoms with van der Waals surface area (Å²) in [4.78, 5) is 10.7. The normalized spacial score (nSPS) is 21.6. The van der Waals surface area contributed by atoms with Crippen LogP contribution >= 0.6 is 15.9 Å². The Hall–Kier alpha value is -0.0500. The van der Waals surface area contributed by atoms with Gasteiger partial charge < -0.3 is 4.74 Å². The minimum atomic E-state index is -2.55. The number of halogens is 1. The van der Waals surface area contributed by atoms with Crippen LogP contribution in [0.5, 0.6) is 0 Å². The maximum atomic E-state index is 10.7. The monoisotopic (exact) mass is 184 g/mol. The van der Waals surface area contributed by atoms with Gasteiger partial charge >= 0.3 is 5.97 Å². The summed E-state index contributed by atoms with van der Waals surface area (Å²) in [5, 5.41) is 0.402. The number of carbonyl (C=O) groups excluding carboxylic acids is 1. The van der Waals surface area contributed by atoms with Crippen LogP contribution in [0.25, 0.3) is 0 Å². The lowest BCUT2D eigenvalue weighted by Crippen LogP contribution is -2.03. The molecule has 0 heterocycles. The second-order valence-electron chi connectivity index (χ2n) is 1.05. The van der Waals surface area contributed by atoms with Gasteiger partial charge in [-0.05, 0) is 6.85 Å². The topological polar surface area (TPSA) is 26.3 Å². The summed E-state index contributed by atoms with van der Waals surface area (Å²) in [6, 6.07) is 0. The van der Waals surface area contributed by atoms with Crippen LogP contribution in [0.2, 0.25) is 0 Å². The second kappa shape index (κ2) is 5.09. The van der Waals surface area contributed by atoms with Gasteiger partial charge in [0.05, 0.1) is 14.4 Å². The van der Waals surface area contributed by atoms with Crippen molar-refractivity contribution < 1.29 is 15.0 Å². The summed E-state index contributed by atoms with van der Waals surface area (Å²) in [5.74, 6) is -0.678. The molecule has 0 aliphatic rings. The van der Waals surface area contributed by atoms with Crippen molar-refractivity contribution in [2.24, 2.45) is 0 Å². The molecule has 0 aromatic heterocycles. The maximum absolute atomic E-state index is 10.7. The van der Waals surface area contributed by atoms with Gasteiger partial charge in [-0.15, -0.1) is 0 Å². The minimum absolute atomic E-state index is 0.0749. The van der Waals surface area contributed by atoms with Crippen LogP contribution in [-0.2, 0) is 9.53 Å². The van der Waals surface area contributed by atoms with Crippen LogP contribution in [0.3, 0.4) is 0 Å². The Labute approximate surface area is 63.0 Å². The molecular weight excluding hydrogens is 172 g/mol. The summed E-state index contributed by atoms with van der Waals surface area (Å²) >= 11 is 2.99. The van der Waals surface area contributed by atoms with Gasteiger partial charge in [-0.3, -0.25) is 4.79 Å². The Morgan fingerprint density at radius 3 is 3.38 bits per heavy atom. The van der Waals surface area contributed by atoms with Gasteiger partial charge in [0, 0.05) is 9.44 Å². The first-order chi connectivity index (χ1) is 5.38. The molecule has 0 aliphatic heterocycles. The summed E-state index contributed by atoms with van der Waals surface area (Å²) in [6.45, 7) is -4.33. The van der Waals surface area contributed by atoms with Crippen molar-refractivity contribution in [1.82, 2.24) is 0 Å². The molecule has 0 N–H and O–H groups in total. The Morgan fingerprint density at radius 2 is 2.88 bits per heavy atom. The average Bonchev–Trinajstić information content (AvgIpc) is 1.85. The van der Waals surface area contributed by atoms with Crippen LogP contribution < -0.4 is 0 Å². The van der Waals surface area contributed by atoms with Crippen LogP contribution in [0.1, 0.15) is 18.8 Å². The van der Waals surface area contributed by atoms with Crippen molar-refractivity contribution in [2.75, 3.05) is 11.9 Å². The molecule has 48 valence electrons. The highest BCUT2D eigenvalue weighted by atomic mass is 79.9. The highest BCUT2D eigenvalue weighted by Crippen LogP contribution is 1.89. The van der Waals surface area contributed by atoms with Crippen molar-refractivity contribution in [3.63, 3.8) is 0 Å². The van der Waals surface area contributed by atoms with Crippen molar-refractivity contribution >= 4 is 21.9 Å². The number of hydrogen-bond acceptors (Lipinski definition) is 2. The van der Waals surface area contributed by atoms with E-state index >= 15 is 0 Å². The molecule has 0 fully saturated rings. The third kappa shape index (κ3) is 4.12. The molecule has 0 aromatic carbocycles. The van der Waals surface area contributed by atoms with Gasteiger partial charge in [-0.25, -0.2) is 0 Å². The Bertz CT molecular complexity index is 158. The van der Waals surface area contributed by atoms with Gasteiger partial charge in [0.25, 0.3) is 0 Å².